The van der Waals surface area contributed by atoms with Gasteiger partial charge in [-0.3, -0.25) is 13.9 Å². The summed E-state index contributed by atoms with van der Waals surface area (Å²) in [6, 6.07) is 26.9. The van der Waals surface area contributed by atoms with Crippen molar-refractivity contribution in [1.82, 2.24) is 10.2 Å². The molecule has 0 saturated heterocycles. The average molecular weight is 653 g/mol. The first-order valence-electron chi connectivity index (χ1n) is 13.2. The van der Waals surface area contributed by atoms with Crippen LogP contribution in [0, 0.1) is 12.7 Å². The second-order valence-electron chi connectivity index (χ2n) is 9.77. The molecule has 42 heavy (non-hydrogen) atoms. The number of nitrogens with zero attached hydrogens (tertiary/aromatic N) is 2. The number of nitrogens with one attached hydrogen (secondary N) is 1. The van der Waals surface area contributed by atoms with Gasteiger partial charge in [0.25, 0.3) is 10.0 Å². The number of likely N-dealkylation sites (N-methyl/N-ethyl adjacent to an activating group) is 1. The summed E-state index contributed by atoms with van der Waals surface area (Å²) in [4.78, 5) is 28.8. The molecule has 0 aliphatic carbocycles. The number of carbonyl (C=O) groups excluding carboxylic acids is 2. The molecule has 0 saturated carbocycles. The molecule has 1 unspecified atom stereocenters. The highest BCUT2D eigenvalue weighted by atomic mass is 79.9. The Morgan fingerprint density at radius 2 is 1.48 bits per heavy atom. The van der Waals surface area contributed by atoms with Gasteiger partial charge in [0, 0.05) is 24.5 Å². The van der Waals surface area contributed by atoms with Crippen molar-refractivity contribution in [3.63, 3.8) is 0 Å². The number of hydrogen-bond donors (Lipinski definition) is 1. The standard InChI is InChI=1S/C32H31BrFN3O4S/c1-23-8-18-29(19-9-23)42(40,41)37(28-16-12-26(33)13-17-28)22-31(38)36(21-25-10-14-27(34)15-11-25)30(32(39)35-2)20-24-6-4-3-5-7-24/h3-19,30H,20-22H2,1-2H3,(H,35,39). The van der Waals surface area contributed by atoms with Gasteiger partial charge in [-0.15, -0.1) is 0 Å². The van der Waals surface area contributed by atoms with Gasteiger partial charge in [-0.1, -0.05) is 76.1 Å². The summed E-state index contributed by atoms with van der Waals surface area (Å²) in [6.45, 7) is 1.25. The number of benzene rings is 4. The fourth-order valence-electron chi connectivity index (χ4n) is 4.48. The zero-order valence-corrected chi connectivity index (χ0v) is 25.6. The van der Waals surface area contributed by atoms with E-state index in [0.717, 1.165) is 19.9 Å². The summed E-state index contributed by atoms with van der Waals surface area (Å²) in [5.74, 6) is -1.44. The van der Waals surface area contributed by atoms with E-state index >= 15 is 0 Å². The second-order valence-corrected chi connectivity index (χ2v) is 12.5. The number of rotatable bonds is 11. The maximum Gasteiger partial charge on any atom is 0.264 e. The molecule has 2 amide bonds. The van der Waals surface area contributed by atoms with Gasteiger partial charge < -0.3 is 10.2 Å². The lowest BCUT2D eigenvalue weighted by molar-refractivity contribution is -0.139. The van der Waals surface area contributed by atoms with E-state index in [1.807, 2.05) is 37.3 Å². The molecule has 10 heteroatoms. The Morgan fingerprint density at radius 1 is 0.857 bits per heavy atom. The lowest BCUT2D eigenvalue weighted by Crippen LogP contribution is -2.53. The molecule has 0 bridgehead atoms. The van der Waals surface area contributed by atoms with E-state index in [1.54, 1.807) is 36.4 Å². The highest BCUT2D eigenvalue weighted by Crippen LogP contribution is 2.27. The zero-order chi connectivity index (χ0) is 30.3. The Morgan fingerprint density at radius 3 is 2.07 bits per heavy atom. The van der Waals surface area contributed by atoms with E-state index in [9.17, 15) is 22.4 Å². The van der Waals surface area contributed by atoms with Crippen LogP contribution in [0.25, 0.3) is 0 Å². The minimum atomic E-state index is -4.18. The summed E-state index contributed by atoms with van der Waals surface area (Å²) < 4.78 is 43.4. The monoisotopic (exact) mass is 651 g/mol. The molecular weight excluding hydrogens is 621 g/mol. The molecule has 0 radical (unpaired) electrons. The second kappa shape index (κ2) is 13.8. The summed E-state index contributed by atoms with van der Waals surface area (Å²) >= 11 is 3.37. The van der Waals surface area contributed by atoms with Gasteiger partial charge in [-0.05, 0) is 66.6 Å². The van der Waals surface area contributed by atoms with Crippen LogP contribution in [0.4, 0.5) is 10.1 Å². The van der Waals surface area contributed by atoms with E-state index in [1.165, 1.54) is 48.3 Å². The molecule has 0 aliphatic heterocycles. The summed E-state index contributed by atoms with van der Waals surface area (Å²) in [6.07, 6.45) is 0.191. The lowest BCUT2D eigenvalue weighted by Gasteiger charge is -2.33. The van der Waals surface area contributed by atoms with Crippen molar-refractivity contribution in [2.24, 2.45) is 0 Å². The molecular formula is C32H31BrFN3O4S. The van der Waals surface area contributed by atoms with Gasteiger partial charge in [0.2, 0.25) is 11.8 Å². The average Bonchev–Trinajstić information content (AvgIpc) is 2.99. The maximum atomic E-state index is 14.2. The normalized spacial score (nSPS) is 11.9. The molecule has 4 aromatic rings. The number of sulfonamides is 1. The van der Waals surface area contributed by atoms with E-state index < -0.39 is 40.2 Å². The number of amides is 2. The van der Waals surface area contributed by atoms with Crippen molar-refractivity contribution in [3.05, 3.63) is 130 Å². The molecule has 0 aliphatic rings. The number of anilines is 1. The van der Waals surface area contributed by atoms with Gasteiger partial charge >= 0.3 is 0 Å². The molecule has 218 valence electrons. The largest absolute Gasteiger partial charge is 0.357 e. The SMILES string of the molecule is CNC(=O)C(Cc1ccccc1)N(Cc1ccc(F)cc1)C(=O)CN(c1ccc(Br)cc1)S(=O)(=O)c1ccc(C)cc1. The van der Waals surface area contributed by atoms with Crippen molar-refractivity contribution in [2.75, 3.05) is 17.9 Å². The third-order valence-corrected chi connectivity index (χ3v) is 9.10. The van der Waals surface area contributed by atoms with E-state index in [-0.39, 0.29) is 23.5 Å². The molecule has 7 nitrogen and oxygen atoms in total. The van der Waals surface area contributed by atoms with Crippen LogP contribution < -0.4 is 9.62 Å². The Labute approximate surface area is 254 Å². The molecule has 1 atom stereocenters. The Bertz CT molecular complexity index is 1620. The number of halogens is 2. The minimum absolute atomic E-state index is 0.0287. The Balaban J connectivity index is 1.77. The number of carbonyl (C=O) groups is 2. The molecule has 4 rings (SSSR count). The molecule has 0 heterocycles. The van der Waals surface area contributed by atoms with E-state index in [0.29, 0.717) is 5.56 Å². The molecule has 0 fully saturated rings. The summed E-state index contributed by atoms with van der Waals surface area (Å²) in [5, 5.41) is 2.64. The number of hydrogen-bond acceptors (Lipinski definition) is 4. The van der Waals surface area contributed by atoms with Crippen molar-refractivity contribution in [2.45, 2.75) is 30.8 Å². The fourth-order valence-corrected chi connectivity index (χ4v) is 6.16. The van der Waals surface area contributed by atoms with Crippen LogP contribution >= 0.6 is 15.9 Å². The lowest BCUT2D eigenvalue weighted by atomic mass is 10.0. The van der Waals surface area contributed by atoms with Crippen LogP contribution in [0.2, 0.25) is 0 Å². The van der Waals surface area contributed by atoms with Gasteiger partial charge in [-0.25, -0.2) is 12.8 Å². The predicted molar refractivity (Wildman–Crippen MR) is 165 cm³/mol. The number of aryl methyl sites for hydroxylation is 1. The third kappa shape index (κ3) is 7.63. The predicted octanol–water partition coefficient (Wildman–Crippen LogP) is 5.48. The van der Waals surface area contributed by atoms with Crippen LogP contribution in [0.3, 0.4) is 0 Å². The van der Waals surface area contributed by atoms with Gasteiger partial charge in [0.15, 0.2) is 0 Å². The zero-order valence-electron chi connectivity index (χ0n) is 23.2. The van der Waals surface area contributed by atoms with E-state index in [4.69, 9.17) is 0 Å². The minimum Gasteiger partial charge on any atom is -0.357 e. The quantitative estimate of drug-likeness (QED) is 0.233. The molecule has 4 aromatic carbocycles. The summed E-state index contributed by atoms with van der Waals surface area (Å²) in [5.41, 5.74) is 2.58. The van der Waals surface area contributed by atoms with Crippen molar-refractivity contribution >= 4 is 43.5 Å². The molecule has 0 spiro atoms. The van der Waals surface area contributed by atoms with E-state index in [2.05, 4.69) is 21.2 Å². The topological polar surface area (TPSA) is 86.8 Å². The maximum absolute atomic E-state index is 14.2. The van der Waals surface area contributed by atoms with Crippen LogP contribution in [-0.2, 0) is 32.6 Å². The van der Waals surface area contributed by atoms with Crippen molar-refractivity contribution < 1.29 is 22.4 Å². The smallest absolute Gasteiger partial charge is 0.264 e. The fraction of sp³-hybridized carbons (Fsp3) is 0.188. The van der Waals surface area contributed by atoms with Crippen molar-refractivity contribution in [3.8, 4) is 0 Å². The van der Waals surface area contributed by atoms with Crippen LogP contribution in [0.1, 0.15) is 16.7 Å². The highest BCUT2D eigenvalue weighted by molar-refractivity contribution is 9.10. The van der Waals surface area contributed by atoms with Gasteiger partial charge in [0.05, 0.1) is 10.6 Å². The van der Waals surface area contributed by atoms with Crippen LogP contribution in [-0.4, -0.2) is 44.8 Å². The van der Waals surface area contributed by atoms with Crippen molar-refractivity contribution in [1.29, 1.82) is 0 Å². The van der Waals surface area contributed by atoms with Crippen LogP contribution in [0.5, 0.6) is 0 Å². The first kappa shape index (κ1) is 30.9. The Kier molecular flexibility index (Phi) is 10.1. The highest BCUT2D eigenvalue weighted by Gasteiger charge is 2.34. The van der Waals surface area contributed by atoms with Gasteiger partial charge in [-0.2, -0.15) is 0 Å². The first-order valence-corrected chi connectivity index (χ1v) is 15.5. The summed E-state index contributed by atoms with van der Waals surface area (Å²) in [7, 11) is -2.70. The first-order chi connectivity index (χ1) is 20.1. The third-order valence-electron chi connectivity index (χ3n) is 6.79. The molecule has 0 aromatic heterocycles. The Hall–Kier alpha value is -4.02. The van der Waals surface area contributed by atoms with Gasteiger partial charge in [0.1, 0.15) is 18.4 Å². The molecule has 1 N–H and O–H groups in total. The van der Waals surface area contributed by atoms with Crippen LogP contribution in [0.15, 0.2) is 112 Å².